The van der Waals surface area contributed by atoms with Crippen LogP contribution >= 0.6 is 0 Å². The minimum absolute atomic E-state index is 0.0927. The summed E-state index contributed by atoms with van der Waals surface area (Å²) < 4.78 is 15.3. The van der Waals surface area contributed by atoms with Crippen LogP contribution in [0.3, 0.4) is 0 Å². The number of aromatic nitrogens is 2. The molecule has 1 amide bonds. The van der Waals surface area contributed by atoms with Gasteiger partial charge in [0.05, 0.1) is 22.6 Å². The van der Waals surface area contributed by atoms with Gasteiger partial charge in [-0.05, 0) is 55.2 Å². The average molecular weight is 480 g/mol. The van der Waals surface area contributed by atoms with Gasteiger partial charge in [-0.25, -0.2) is 9.37 Å². The number of unbranched alkanes of at least 4 members (excludes halogenated alkanes) is 4. The van der Waals surface area contributed by atoms with E-state index >= 15 is 0 Å². The largest absolute Gasteiger partial charge is 0.332 e. The topological polar surface area (TPSA) is 55.2 Å². The lowest BCUT2D eigenvalue weighted by Gasteiger charge is -2.33. The second kappa shape index (κ2) is 12.6. The molecule has 0 aliphatic rings. The van der Waals surface area contributed by atoms with Crippen LogP contribution in [0.15, 0.2) is 53.3 Å². The van der Waals surface area contributed by atoms with E-state index in [1.165, 1.54) is 25.0 Å². The minimum Gasteiger partial charge on any atom is -0.332 e. The van der Waals surface area contributed by atoms with Gasteiger partial charge in [-0.15, -0.1) is 0 Å². The van der Waals surface area contributed by atoms with Gasteiger partial charge in [0, 0.05) is 13.0 Å². The Kier molecular flexibility index (Phi) is 9.58. The van der Waals surface area contributed by atoms with E-state index < -0.39 is 0 Å². The molecule has 0 N–H and O–H groups in total. The highest BCUT2D eigenvalue weighted by atomic mass is 19.1. The van der Waals surface area contributed by atoms with Gasteiger partial charge in [0.25, 0.3) is 5.56 Å². The molecule has 1 heterocycles. The fraction of sp³-hybridized carbons (Fsp3) is 0.483. The highest BCUT2D eigenvalue weighted by Gasteiger charge is 2.29. The van der Waals surface area contributed by atoms with Crippen molar-refractivity contribution in [3.05, 3.63) is 70.5 Å². The summed E-state index contributed by atoms with van der Waals surface area (Å²) >= 11 is 0. The fourth-order valence-electron chi connectivity index (χ4n) is 4.58. The van der Waals surface area contributed by atoms with Crippen molar-refractivity contribution >= 4 is 16.8 Å². The highest BCUT2D eigenvalue weighted by molar-refractivity contribution is 5.79. The zero-order chi connectivity index (χ0) is 25.4. The third kappa shape index (κ3) is 6.56. The number of amides is 1. The summed E-state index contributed by atoms with van der Waals surface area (Å²) in [5.41, 5.74) is 0.924. The van der Waals surface area contributed by atoms with Gasteiger partial charge < -0.3 is 4.90 Å². The molecule has 0 saturated carbocycles. The number of benzene rings is 2. The predicted octanol–water partition coefficient (Wildman–Crippen LogP) is 6.82. The summed E-state index contributed by atoms with van der Waals surface area (Å²) in [5, 5.41) is 0.494. The van der Waals surface area contributed by atoms with E-state index in [0.717, 1.165) is 19.3 Å². The van der Waals surface area contributed by atoms with Crippen molar-refractivity contribution in [2.45, 2.75) is 78.7 Å². The molecule has 3 rings (SSSR count). The Morgan fingerprint density at radius 2 is 1.69 bits per heavy atom. The molecule has 1 unspecified atom stereocenters. The molecule has 6 heteroatoms. The van der Waals surface area contributed by atoms with Gasteiger partial charge in [-0.1, -0.05) is 65.5 Å². The van der Waals surface area contributed by atoms with Crippen molar-refractivity contribution in [1.29, 1.82) is 0 Å². The van der Waals surface area contributed by atoms with Gasteiger partial charge in [-0.2, -0.15) is 0 Å². The van der Waals surface area contributed by atoms with Gasteiger partial charge in [0.1, 0.15) is 11.6 Å². The van der Waals surface area contributed by atoms with E-state index in [4.69, 9.17) is 4.98 Å². The van der Waals surface area contributed by atoms with Crippen molar-refractivity contribution in [3.8, 4) is 5.69 Å². The number of rotatable bonds is 12. The molecule has 0 saturated heterocycles. The van der Waals surface area contributed by atoms with E-state index in [-0.39, 0.29) is 29.2 Å². The number of halogens is 1. The average Bonchev–Trinajstić information content (AvgIpc) is 2.84. The Hall–Kier alpha value is -3.02. The van der Waals surface area contributed by atoms with Crippen LogP contribution in [0.5, 0.6) is 0 Å². The first-order valence-electron chi connectivity index (χ1n) is 12.9. The molecule has 0 aliphatic carbocycles. The van der Waals surface area contributed by atoms with Crippen molar-refractivity contribution in [2.24, 2.45) is 5.92 Å². The number of para-hydroxylation sites is 1. The molecule has 0 aliphatic heterocycles. The predicted molar refractivity (Wildman–Crippen MR) is 140 cm³/mol. The molecular weight excluding hydrogens is 441 g/mol. The number of hydrogen-bond donors (Lipinski definition) is 0. The van der Waals surface area contributed by atoms with Crippen molar-refractivity contribution in [3.63, 3.8) is 0 Å². The SMILES string of the molecule is CCCCCCCC(=O)N(CC(C)C)C(CC)c1nc2ccccc2c(=O)n1-c1ccc(F)cc1. The number of nitrogens with zero attached hydrogens (tertiary/aromatic N) is 3. The van der Waals surface area contributed by atoms with Crippen LogP contribution in [0.1, 0.15) is 84.5 Å². The standard InChI is InChI=1S/C29H38FN3O2/c1-5-7-8-9-10-15-27(34)32(20-21(3)4)26(6-2)28-31-25-14-12-11-13-24(25)29(35)33(28)23-18-16-22(30)17-19-23/h11-14,16-19,21,26H,5-10,15,20H2,1-4H3. The molecule has 0 bridgehead atoms. The van der Waals surface area contributed by atoms with Crippen LogP contribution in [0, 0.1) is 11.7 Å². The van der Waals surface area contributed by atoms with E-state index in [0.29, 0.717) is 41.8 Å². The Morgan fingerprint density at radius 1 is 1.00 bits per heavy atom. The van der Waals surface area contributed by atoms with Crippen LogP contribution in [0.2, 0.25) is 0 Å². The Morgan fingerprint density at radius 3 is 2.34 bits per heavy atom. The maximum Gasteiger partial charge on any atom is 0.266 e. The second-order valence-electron chi connectivity index (χ2n) is 9.63. The lowest BCUT2D eigenvalue weighted by Crippen LogP contribution is -2.40. The molecule has 5 nitrogen and oxygen atoms in total. The minimum atomic E-state index is -0.372. The molecule has 2 aromatic carbocycles. The first-order chi connectivity index (χ1) is 16.9. The van der Waals surface area contributed by atoms with Gasteiger partial charge in [-0.3, -0.25) is 14.2 Å². The third-order valence-corrected chi connectivity index (χ3v) is 6.32. The zero-order valence-electron chi connectivity index (χ0n) is 21.5. The maximum absolute atomic E-state index is 13.7. The summed E-state index contributed by atoms with van der Waals surface area (Å²) in [6, 6.07) is 12.7. The summed E-state index contributed by atoms with van der Waals surface area (Å²) in [4.78, 5) is 34.0. The van der Waals surface area contributed by atoms with Crippen molar-refractivity contribution < 1.29 is 9.18 Å². The molecule has 35 heavy (non-hydrogen) atoms. The van der Waals surface area contributed by atoms with Gasteiger partial charge >= 0.3 is 0 Å². The van der Waals surface area contributed by atoms with Crippen LogP contribution in [0.25, 0.3) is 16.6 Å². The van der Waals surface area contributed by atoms with Crippen LogP contribution < -0.4 is 5.56 Å². The molecule has 1 aromatic heterocycles. The molecule has 1 atom stereocenters. The van der Waals surface area contributed by atoms with E-state index in [1.807, 2.05) is 30.0 Å². The number of carbonyl (C=O) groups excluding carboxylic acids is 1. The number of carbonyl (C=O) groups is 1. The summed E-state index contributed by atoms with van der Waals surface area (Å²) in [5.74, 6) is 0.501. The maximum atomic E-state index is 13.7. The Bertz CT molecular complexity index is 1170. The molecule has 0 radical (unpaired) electrons. The van der Waals surface area contributed by atoms with Crippen molar-refractivity contribution in [1.82, 2.24) is 14.5 Å². The molecule has 188 valence electrons. The van der Waals surface area contributed by atoms with Gasteiger partial charge in [0.15, 0.2) is 0 Å². The zero-order valence-corrected chi connectivity index (χ0v) is 21.5. The first kappa shape index (κ1) is 26.6. The highest BCUT2D eigenvalue weighted by Crippen LogP contribution is 2.28. The fourth-order valence-corrected chi connectivity index (χ4v) is 4.58. The monoisotopic (exact) mass is 479 g/mol. The number of hydrogen-bond acceptors (Lipinski definition) is 3. The van der Waals surface area contributed by atoms with E-state index in [1.54, 1.807) is 22.8 Å². The molecular formula is C29H38FN3O2. The molecule has 3 aromatic rings. The Labute approximate surface area is 208 Å². The normalized spacial score (nSPS) is 12.3. The smallest absolute Gasteiger partial charge is 0.266 e. The first-order valence-corrected chi connectivity index (χ1v) is 12.9. The second-order valence-corrected chi connectivity index (χ2v) is 9.63. The van der Waals surface area contributed by atoms with Crippen molar-refractivity contribution in [2.75, 3.05) is 6.54 Å². The van der Waals surface area contributed by atoms with Gasteiger partial charge in [0.2, 0.25) is 5.91 Å². The summed E-state index contributed by atoms with van der Waals surface area (Å²) in [7, 11) is 0. The van der Waals surface area contributed by atoms with Crippen LogP contribution in [-0.4, -0.2) is 26.9 Å². The van der Waals surface area contributed by atoms with E-state index in [9.17, 15) is 14.0 Å². The lowest BCUT2D eigenvalue weighted by atomic mass is 10.1. The van der Waals surface area contributed by atoms with Crippen LogP contribution in [-0.2, 0) is 4.79 Å². The van der Waals surface area contributed by atoms with E-state index in [2.05, 4.69) is 20.8 Å². The Balaban J connectivity index is 2.09. The van der Waals surface area contributed by atoms with Crippen LogP contribution in [0.4, 0.5) is 4.39 Å². The number of fused-ring (bicyclic) bond motifs is 1. The molecule has 0 spiro atoms. The summed E-state index contributed by atoms with van der Waals surface area (Å²) in [6.45, 7) is 8.96. The summed E-state index contributed by atoms with van der Waals surface area (Å²) in [6.07, 6.45) is 6.50. The third-order valence-electron chi connectivity index (χ3n) is 6.32. The molecule has 0 fully saturated rings. The lowest BCUT2D eigenvalue weighted by molar-refractivity contribution is -0.134. The quantitative estimate of drug-likeness (QED) is 0.268.